The summed E-state index contributed by atoms with van der Waals surface area (Å²) in [6.07, 6.45) is 18.2. The lowest BCUT2D eigenvalue weighted by atomic mass is 10.0. The second kappa shape index (κ2) is 4.17. The second-order valence-electron chi connectivity index (χ2n) is 4.88. The fraction of sp³-hybridized carbons (Fsp3) is 0.429. The van der Waals surface area contributed by atoms with Gasteiger partial charge in [0.2, 0.25) is 0 Å². The summed E-state index contributed by atoms with van der Waals surface area (Å²) in [5.74, 6) is 0. The molecule has 0 heterocycles. The van der Waals surface area contributed by atoms with Gasteiger partial charge in [-0.05, 0) is 26.7 Å². The Morgan fingerprint density at radius 1 is 0.875 bits per heavy atom. The summed E-state index contributed by atoms with van der Waals surface area (Å²) in [4.78, 5) is 0. The molecule has 0 aliphatic heterocycles. The molecule has 2 rings (SSSR count). The van der Waals surface area contributed by atoms with E-state index < -0.39 is 10.8 Å². The van der Waals surface area contributed by atoms with Gasteiger partial charge in [-0.1, -0.05) is 48.6 Å². The molecule has 2 heteroatoms. The number of rotatable bonds is 2. The topological polar surface area (TPSA) is 17.1 Å². The molecule has 0 N–H and O–H groups in total. The summed E-state index contributed by atoms with van der Waals surface area (Å²) in [6.45, 7) is 4.17. The molecule has 0 spiro atoms. The van der Waals surface area contributed by atoms with Crippen molar-refractivity contribution in [3.63, 3.8) is 0 Å². The van der Waals surface area contributed by atoms with Gasteiger partial charge in [0.25, 0.3) is 0 Å². The summed E-state index contributed by atoms with van der Waals surface area (Å²) in [5, 5.41) is 0. The van der Waals surface area contributed by atoms with E-state index in [-0.39, 0.29) is 9.49 Å². The molecule has 86 valence electrons. The first kappa shape index (κ1) is 11.6. The zero-order valence-corrected chi connectivity index (χ0v) is 10.7. The molecule has 2 unspecified atom stereocenters. The normalized spacial score (nSPS) is 38.9. The van der Waals surface area contributed by atoms with Crippen LogP contribution in [0.1, 0.15) is 26.7 Å². The number of hydrogen-bond acceptors (Lipinski definition) is 1. The Labute approximate surface area is 100 Å². The fourth-order valence-electron chi connectivity index (χ4n) is 2.22. The molecule has 0 fully saturated rings. The van der Waals surface area contributed by atoms with Gasteiger partial charge in [-0.2, -0.15) is 0 Å². The minimum atomic E-state index is -0.900. The van der Waals surface area contributed by atoms with E-state index in [0.717, 1.165) is 12.8 Å². The van der Waals surface area contributed by atoms with E-state index in [0.29, 0.717) is 0 Å². The lowest BCUT2D eigenvalue weighted by Crippen LogP contribution is -2.42. The van der Waals surface area contributed by atoms with E-state index in [1.165, 1.54) is 0 Å². The average molecular weight is 234 g/mol. The van der Waals surface area contributed by atoms with Crippen LogP contribution in [0.3, 0.4) is 0 Å². The summed E-state index contributed by atoms with van der Waals surface area (Å²) in [5.41, 5.74) is 0. The zero-order chi connectivity index (χ0) is 11.6. The first-order chi connectivity index (χ1) is 7.57. The Kier molecular flexibility index (Phi) is 3.02. The van der Waals surface area contributed by atoms with Crippen LogP contribution < -0.4 is 0 Å². The lowest BCUT2D eigenvalue weighted by molar-refractivity contribution is 0.615. The van der Waals surface area contributed by atoms with Crippen LogP contribution in [0.15, 0.2) is 48.6 Å². The third-order valence-corrected chi connectivity index (χ3v) is 5.58. The van der Waals surface area contributed by atoms with Crippen molar-refractivity contribution in [1.29, 1.82) is 0 Å². The monoisotopic (exact) mass is 234 g/mol. The largest absolute Gasteiger partial charge is 0.258 e. The molecule has 2 atom stereocenters. The molecule has 0 saturated heterocycles. The van der Waals surface area contributed by atoms with Crippen molar-refractivity contribution < 1.29 is 4.21 Å². The first-order valence-electron chi connectivity index (χ1n) is 5.68. The van der Waals surface area contributed by atoms with Crippen molar-refractivity contribution in [2.24, 2.45) is 0 Å². The SMILES string of the molecule is CC1(S(=O)C2(C)C=CC=CC2)C=CC=CC1. The van der Waals surface area contributed by atoms with E-state index in [1.54, 1.807) is 0 Å². The zero-order valence-electron chi connectivity index (χ0n) is 9.85. The van der Waals surface area contributed by atoms with E-state index in [2.05, 4.69) is 38.2 Å². The van der Waals surface area contributed by atoms with Gasteiger partial charge in [0, 0.05) is 10.8 Å². The number of allylic oxidation sites excluding steroid dienone is 6. The minimum Gasteiger partial charge on any atom is -0.258 e. The van der Waals surface area contributed by atoms with Crippen LogP contribution in [-0.4, -0.2) is 13.7 Å². The van der Waals surface area contributed by atoms with Crippen molar-refractivity contribution in [2.45, 2.75) is 36.2 Å². The smallest absolute Gasteiger partial charge is 0.0656 e. The Morgan fingerprint density at radius 2 is 1.31 bits per heavy atom. The molecule has 0 aromatic carbocycles. The molecule has 2 aliphatic rings. The van der Waals surface area contributed by atoms with Gasteiger partial charge in [0.05, 0.1) is 9.49 Å². The summed E-state index contributed by atoms with van der Waals surface area (Å²) >= 11 is 0. The predicted octanol–water partition coefficient (Wildman–Crippen LogP) is 3.28. The molecule has 0 bridgehead atoms. The van der Waals surface area contributed by atoms with Crippen molar-refractivity contribution >= 4 is 10.8 Å². The molecular formula is C14H18OS. The maximum absolute atomic E-state index is 12.7. The molecule has 16 heavy (non-hydrogen) atoms. The van der Waals surface area contributed by atoms with Gasteiger partial charge in [0.1, 0.15) is 0 Å². The first-order valence-corrected chi connectivity index (χ1v) is 6.83. The maximum Gasteiger partial charge on any atom is 0.0656 e. The van der Waals surface area contributed by atoms with Crippen LogP contribution in [-0.2, 0) is 10.8 Å². The highest BCUT2D eigenvalue weighted by atomic mass is 32.2. The molecule has 1 nitrogen and oxygen atoms in total. The van der Waals surface area contributed by atoms with Crippen molar-refractivity contribution in [1.82, 2.24) is 0 Å². The van der Waals surface area contributed by atoms with E-state index in [1.807, 2.05) is 24.3 Å². The van der Waals surface area contributed by atoms with E-state index in [4.69, 9.17) is 0 Å². The van der Waals surface area contributed by atoms with Crippen LogP contribution in [0.25, 0.3) is 0 Å². The van der Waals surface area contributed by atoms with Gasteiger partial charge in [-0.15, -0.1) is 0 Å². The van der Waals surface area contributed by atoms with Gasteiger partial charge in [-0.25, -0.2) is 0 Å². The Morgan fingerprint density at radius 3 is 1.62 bits per heavy atom. The Bertz CT molecular complexity index is 378. The molecule has 2 aliphatic carbocycles. The van der Waals surface area contributed by atoms with Crippen molar-refractivity contribution in [3.05, 3.63) is 48.6 Å². The number of hydrogen-bond donors (Lipinski definition) is 0. The third-order valence-electron chi connectivity index (χ3n) is 3.29. The van der Waals surface area contributed by atoms with Gasteiger partial charge in [-0.3, -0.25) is 4.21 Å². The second-order valence-corrected chi connectivity index (χ2v) is 7.28. The minimum absolute atomic E-state index is 0.223. The fourth-order valence-corrected chi connectivity index (χ4v) is 4.19. The Balaban J connectivity index is 2.25. The molecule has 0 amide bonds. The Hall–Kier alpha value is -0.890. The lowest BCUT2D eigenvalue weighted by Gasteiger charge is -2.36. The van der Waals surface area contributed by atoms with Gasteiger partial charge < -0.3 is 0 Å². The van der Waals surface area contributed by atoms with Crippen LogP contribution in [0.5, 0.6) is 0 Å². The van der Waals surface area contributed by atoms with Crippen molar-refractivity contribution in [3.8, 4) is 0 Å². The van der Waals surface area contributed by atoms with Gasteiger partial charge >= 0.3 is 0 Å². The van der Waals surface area contributed by atoms with E-state index in [9.17, 15) is 4.21 Å². The molecule has 0 aromatic heterocycles. The van der Waals surface area contributed by atoms with Crippen LogP contribution in [0.4, 0.5) is 0 Å². The van der Waals surface area contributed by atoms with Crippen LogP contribution in [0, 0.1) is 0 Å². The van der Waals surface area contributed by atoms with Crippen molar-refractivity contribution in [2.75, 3.05) is 0 Å². The summed E-state index contributed by atoms with van der Waals surface area (Å²) < 4.78 is 12.3. The van der Waals surface area contributed by atoms with E-state index >= 15 is 0 Å². The molecule has 0 radical (unpaired) electrons. The highest BCUT2D eigenvalue weighted by molar-refractivity contribution is 7.88. The predicted molar refractivity (Wildman–Crippen MR) is 70.7 cm³/mol. The average Bonchev–Trinajstić information content (AvgIpc) is 2.30. The highest BCUT2D eigenvalue weighted by Gasteiger charge is 2.40. The standard InChI is InChI=1S/C14H18OS/c1-13(9-5-3-6-10-13)16(15)14(2)11-7-4-8-12-14/h3-9,11H,10,12H2,1-2H3. The third kappa shape index (κ3) is 1.99. The summed E-state index contributed by atoms with van der Waals surface area (Å²) in [6, 6.07) is 0. The maximum atomic E-state index is 12.7. The van der Waals surface area contributed by atoms with Gasteiger partial charge in [0.15, 0.2) is 0 Å². The van der Waals surface area contributed by atoms with Crippen LogP contribution >= 0.6 is 0 Å². The molecular weight excluding hydrogens is 216 g/mol. The summed E-state index contributed by atoms with van der Waals surface area (Å²) in [7, 11) is -0.900. The highest BCUT2D eigenvalue weighted by Crippen LogP contribution is 2.35. The quantitative estimate of drug-likeness (QED) is 0.716. The molecule has 0 aromatic rings. The van der Waals surface area contributed by atoms with Crippen LogP contribution in [0.2, 0.25) is 0 Å². The molecule has 0 saturated carbocycles.